The van der Waals surface area contributed by atoms with Gasteiger partial charge in [0, 0.05) is 23.0 Å². The number of nitrogens with zero attached hydrogens (tertiary/aromatic N) is 3. The summed E-state index contributed by atoms with van der Waals surface area (Å²) in [6, 6.07) is 17.0. The Morgan fingerprint density at radius 3 is 2.76 bits per heavy atom. The van der Waals surface area contributed by atoms with Crippen LogP contribution in [0.4, 0.5) is 5.69 Å². The summed E-state index contributed by atoms with van der Waals surface area (Å²) >= 11 is 6.13. The number of carbonyl (C=O) groups excluding carboxylic acids is 1. The van der Waals surface area contributed by atoms with Crippen LogP contribution < -0.4 is 5.32 Å². The second-order valence-corrected chi connectivity index (χ2v) is 5.89. The summed E-state index contributed by atoms with van der Waals surface area (Å²) in [7, 11) is 0. The van der Waals surface area contributed by atoms with Gasteiger partial charge in [0.25, 0.3) is 5.91 Å². The smallest absolute Gasteiger partial charge is 0.261 e. The highest BCUT2D eigenvalue weighted by Crippen LogP contribution is 2.31. The summed E-state index contributed by atoms with van der Waals surface area (Å²) in [5.74, 6) is -0.284. The molecule has 6 heteroatoms. The van der Waals surface area contributed by atoms with Crippen LogP contribution in [0.15, 0.2) is 73.2 Å². The van der Waals surface area contributed by atoms with Gasteiger partial charge >= 0.3 is 0 Å². The van der Waals surface area contributed by atoms with Crippen molar-refractivity contribution in [1.82, 2.24) is 14.6 Å². The van der Waals surface area contributed by atoms with E-state index in [-0.39, 0.29) is 5.91 Å². The molecule has 1 N–H and O–H groups in total. The quantitative estimate of drug-likeness (QED) is 0.600. The Morgan fingerprint density at radius 2 is 1.92 bits per heavy atom. The first kappa shape index (κ1) is 15.4. The van der Waals surface area contributed by atoms with Crippen LogP contribution in [-0.2, 0) is 0 Å². The van der Waals surface area contributed by atoms with Gasteiger partial charge in [0.05, 0.1) is 11.9 Å². The summed E-state index contributed by atoms with van der Waals surface area (Å²) in [5, 5.41) is 7.62. The Balaban J connectivity index is 1.73. The van der Waals surface area contributed by atoms with Gasteiger partial charge in [0.15, 0.2) is 5.65 Å². The third-order valence-corrected chi connectivity index (χ3v) is 4.07. The van der Waals surface area contributed by atoms with Crippen molar-refractivity contribution in [3.63, 3.8) is 0 Å². The number of halogens is 1. The van der Waals surface area contributed by atoms with Gasteiger partial charge in [-0.25, -0.2) is 9.50 Å². The van der Waals surface area contributed by atoms with Crippen LogP contribution in [0.5, 0.6) is 0 Å². The van der Waals surface area contributed by atoms with Gasteiger partial charge in [-0.3, -0.25) is 4.79 Å². The number of carbonyl (C=O) groups is 1. The molecule has 0 aliphatic heterocycles. The van der Waals surface area contributed by atoms with Crippen molar-refractivity contribution in [3.8, 4) is 11.1 Å². The summed E-state index contributed by atoms with van der Waals surface area (Å²) in [6.45, 7) is 0. The molecule has 2 heterocycles. The highest BCUT2D eigenvalue weighted by Gasteiger charge is 2.16. The Kier molecular flexibility index (Phi) is 3.91. The van der Waals surface area contributed by atoms with E-state index in [0.29, 0.717) is 21.9 Å². The molecule has 0 spiro atoms. The average Bonchev–Trinajstić information content (AvgIpc) is 3.07. The normalized spacial score (nSPS) is 10.8. The molecular formula is C19H13ClN4O. The number of anilines is 1. The van der Waals surface area contributed by atoms with Crippen LogP contribution in [-0.4, -0.2) is 20.5 Å². The fourth-order valence-corrected chi connectivity index (χ4v) is 2.84. The molecule has 0 fully saturated rings. The molecule has 4 rings (SSSR count). The highest BCUT2D eigenvalue weighted by atomic mass is 35.5. The van der Waals surface area contributed by atoms with Crippen molar-refractivity contribution in [1.29, 1.82) is 0 Å². The lowest BCUT2D eigenvalue weighted by atomic mass is 10.0. The molecule has 2 aromatic carbocycles. The van der Waals surface area contributed by atoms with E-state index < -0.39 is 0 Å². The second kappa shape index (κ2) is 6.37. The van der Waals surface area contributed by atoms with Crippen LogP contribution in [0.2, 0.25) is 5.02 Å². The number of fused-ring (bicyclic) bond motifs is 1. The van der Waals surface area contributed by atoms with Crippen molar-refractivity contribution in [2.75, 3.05) is 5.32 Å². The lowest BCUT2D eigenvalue weighted by Gasteiger charge is -2.11. The average molecular weight is 349 g/mol. The lowest BCUT2D eigenvalue weighted by Crippen LogP contribution is -2.12. The first-order chi connectivity index (χ1) is 12.2. The van der Waals surface area contributed by atoms with E-state index in [1.165, 1.54) is 6.20 Å². The van der Waals surface area contributed by atoms with E-state index in [0.717, 1.165) is 11.1 Å². The maximum atomic E-state index is 12.7. The van der Waals surface area contributed by atoms with Crippen LogP contribution in [0, 0.1) is 0 Å². The number of benzene rings is 2. The third-order valence-electron chi connectivity index (χ3n) is 3.84. The van der Waals surface area contributed by atoms with Crippen molar-refractivity contribution < 1.29 is 4.79 Å². The number of rotatable bonds is 3. The molecular weight excluding hydrogens is 336 g/mol. The number of nitrogens with one attached hydrogen (secondary N) is 1. The van der Waals surface area contributed by atoms with Crippen molar-refractivity contribution >= 4 is 28.8 Å². The third kappa shape index (κ3) is 2.97. The zero-order valence-corrected chi connectivity index (χ0v) is 13.8. The van der Waals surface area contributed by atoms with Gasteiger partial charge in [-0.2, -0.15) is 5.10 Å². The topological polar surface area (TPSA) is 59.3 Å². The molecule has 0 saturated heterocycles. The molecule has 0 radical (unpaired) electrons. The summed E-state index contributed by atoms with van der Waals surface area (Å²) in [5.41, 5.74) is 3.43. The Bertz CT molecular complexity index is 1060. The van der Waals surface area contributed by atoms with Crippen molar-refractivity contribution in [2.24, 2.45) is 0 Å². The fourth-order valence-electron chi connectivity index (χ4n) is 2.67. The minimum absolute atomic E-state index is 0.284. The minimum Gasteiger partial charge on any atom is -0.321 e. The van der Waals surface area contributed by atoms with E-state index in [2.05, 4.69) is 15.4 Å². The first-order valence-electron chi connectivity index (χ1n) is 7.67. The van der Waals surface area contributed by atoms with E-state index in [4.69, 9.17) is 11.6 Å². The van der Waals surface area contributed by atoms with E-state index in [1.807, 2.05) is 36.4 Å². The number of amides is 1. The molecule has 122 valence electrons. The Morgan fingerprint density at radius 1 is 1.08 bits per heavy atom. The van der Waals surface area contributed by atoms with Crippen molar-refractivity contribution in [3.05, 3.63) is 83.8 Å². The molecule has 0 unspecified atom stereocenters. The van der Waals surface area contributed by atoms with Crippen molar-refractivity contribution in [2.45, 2.75) is 0 Å². The van der Waals surface area contributed by atoms with E-state index >= 15 is 0 Å². The van der Waals surface area contributed by atoms with E-state index in [9.17, 15) is 4.79 Å². The molecule has 0 saturated carbocycles. The van der Waals surface area contributed by atoms with Crippen LogP contribution in [0.1, 0.15) is 10.4 Å². The Hall–Kier alpha value is -3.18. The molecule has 0 aliphatic carbocycles. The number of aromatic nitrogens is 3. The summed E-state index contributed by atoms with van der Waals surface area (Å²) < 4.78 is 1.56. The standard InChI is InChI=1S/C19H13ClN4O/c20-14-7-8-15(13-5-2-1-3-6-13)17(11-14)23-19(25)16-12-22-24-10-4-9-21-18(16)24/h1-12H,(H,23,25). The van der Waals surface area contributed by atoms with Crippen LogP contribution in [0.3, 0.4) is 0 Å². The number of hydrogen-bond donors (Lipinski definition) is 1. The van der Waals surface area contributed by atoms with Gasteiger partial charge < -0.3 is 5.32 Å². The Labute approximate surface area is 148 Å². The second-order valence-electron chi connectivity index (χ2n) is 5.46. The fraction of sp³-hybridized carbons (Fsp3) is 0. The molecule has 1 amide bonds. The molecule has 0 bridgehead atoms. The van der Waals surface area contributed by atoms with Gasteiger partial charge in [-0.05, 0) is 23.8 Å². The maximum absolute atomic E-state index is 12.7. The largest absolute Gasteiger partial charge is 0.321 e. The molecule has 0 atom stereocenters. The SMILES string of the molecule is O=C(Nc1cc(Cl)ccc1-c1ccccc1)c1cnn2cccnc12. The summed E-state index contributed by atoms with van der Waals surface area (Å²) in [4.78, 5) is 17.0. The summed E-state index contributed by atoms with van der Waals surface area (Å²) in [6.07, 6.45) is 4.88. The van der Waals surface area contributed by atoms with Gasteiger partial charge in [-0.1, -0.05) is 48.0 Å². The predicted octanol–water partition coefficient (Wildman–Crippen LogP) is 4.30. The highest BCUT2D eigenvalue weighted by molar-refractivity contribution is 6.31. The van der Waals surface area contributed by atoms with Crippen LogP contribution >= 0.6 is 11.6 Å². The van der Waals surface area contributed by atoms with Gasteiger partial charge in [0.2, 0.25) is 0 Å². The van der Waals surface area contributed by atoms with Gasteiger partial charge in [-0.15, -0.1) is 0 Å². The molecule has 0 aliphatic rings. The maximum Gasteiger partial charge on any atom is 0.261 e. The minimum atomic E-state index is -0.284. The number of hydrogen-bond acceptors (Lipinski definition) is 3. The monoisotopic (exact) mass is 348 g/mol. The van der Waals surface area contributed by atoms with Crippen LogP contribution in [0.25, 0.3) is 16.8 Å². The zero-order valence-electron chi connectivity index (χ0n) is 13.1. The lowest BCUT2D eigenvalue weighted by molar-refractivity contribution is 0.102. The van der Waals surface area contributed by atoms with Gasteiger partial charge in [0.1, 0.15) is 5.56 Å². The first-order valence-corrected chi connectivity index (χ1v) is 8.05. The molecule has 2 aromatic heterocycles. The molecule has 25 heavy (non-hydrogen) atoms. The van der Waals surface area contributed by atoms with E-state index in [1.54, 1.807) is 35.1 Å². The zero-order chi connectivity index (χ0) is 17.2. The predicted molar refractivity (Wildman–Crippen MR) is 97.8 cm³/mol. The molecule has 5 nitrogen and oxygen atoms in total. The molecule has 4 aromatic rings.